The van der Waals surface area contributed by atoms with Crippen LogP contribution in [0.5, 0.6) is 5.75 Å². The van der Waals surface area contributed by atoms with Gasteiger partial charge in [0.1, 0.15) is 17.4 Å². The van der Waals surface area contributed by atoms with Crippen LogP contribution < -0.4 is 4.74 Å². The number of esters is 1. The zero-order valence-electron chi connectivity index (χ0n) is 15.3. The highest BCUT2D eigenvalue weighted by molar-refractivity contribution is 7.13. The number of carbonyl (C=O) groups excluding carboxylic acids is 1. The van der Waals surface area contributed by atoms with Crippen molar-refractivity contribution >= 4 is 28.1 Å². The summed E-state index contributed by atoms with van der Waals surface area (Å²) in [5.41, 5.74) is 2.60. The van der Waals surface area contributed by atoms with E-state index in [-0.39, 0.29) is 19.0 Å². The van der Waals surface area contributed by atoms with E-state index in [9.17, 15) is 4.79 Å². The SMILES string of the molecule is COc1ccc2cc(COC(=O)Cc3csc(-c4cccnc4)n3)ccc2c1. The standard InChI is InChI=1S/C22H18N2O3S/c1-26-20-7-6-16-9-15(4-5-17(16)10-20)13-27-21(25)11-19-14-28-22(24-19)18-3-2-8-23-12-18/h2-10,12,14H,11,13H2,1H3. The maximum absolute atomic E-state index is 12.2. The minimum Gasteiger partial charge on any atom is -0.497 e. The topological polar surface area (TPSA) is 61.3 Å². The molecule has 0 aliphatic rings. The molecule has 0 radical (unpaired) electrons. The van der Waals surface area contributed by atoms with Crippen LogP contribution in [0.15, 0.2) is 66.3 Å². The van der Waals surface area contributed by atoms with Crippen molar-refractivity contribution in [3.63, 3.8) is 0 Å². The highest BCUT2D eigenvalue weighted by Gasteiger charge is 2.11. The van der Waals surface area contributed by atoms with Crippen molar-refractivity contribution in [2.45, 2.75) is 13.0 Å². The molecule has 2 aromatic carbocycles. The predicted molar refractivity (Wildman–Crippen MR) is 109 cm³/mol. The van der Waals surface area contributed by atoms with E-state index < -0.39 is 0 Å². The normalized spacial score (nSPS) is 10.8. The van der Waals surface area contributed by atoms with E-state index in [0.29, 0.717) is 5.69 Å². The maximum atomic E-state index is 12.2. The third kappa shape index (κ3) is 4.18. The molecule has 28 heavy (non-hydrogen) atoms. The van der Waals surface area contributed by atoms with Gasteiger partial charge in [-0.05, 0) is 46.7 Å². The average Bonchev–Trinajstić information content (AvgIpc) is 3.20. The number of benzene rings is 2. The maximum Gasteiger partial charge on any atom is 0.312 e. The molecule has 0 bridgehead atoms. The van der Waals surface area contributed by atoms with Gasteiger partial charge in [0.05, 0.1) is 19.2 Å². The number of aromatic nitrogens is 2. The predicted octanol–water partition coefficient (Wildman–Crippen LogP) is 4.65. The number of hydrogen-bond acceptors (Lipinski definition) is 6. The summed E-state index contributed by atoms with van der Waals surface area (Å²) in [6, 6.07) is 15.7. The first-order valence-electron chi connectivity index (χ1n) is 8.78. The van der Waals surface area contributed by atoms with Crippen LogP contribution in [0.4, 0.5) is 0 Å². The summed E-state index contributed by atoms with van der Waals surface area (Å²) in [5, 5.41) is 4.89. The minimum atomic E-state index is -0.294. The number of fused-ring (bicyclic) bond motifs is 1. The van der Waals surface area contributed by atoms with Gasteiger partial charge in [0.15, 0.2) is 0 Å². The third-order valence-corrected chi connectivity index (χ3v) is 5.24. The minimum absolute atomic E-state index is 0.154. The number of hydrogen-bond donors (Lipinski definition) is 0. The van der Waals surface area contributed by atoms with E-state index in [1.807, 2.05) is 53.9 Å². The van der Waals surface area contributed by atoms with Gasteiger partial charge < -0.3 is 9.47 Å². The van der Waals surface area contributed by atoms with Crippen LogP contribution >= 0.6 is 11.3 Å². The summed E-state index contributed by atoms with van der Waals surface area (Å²) in [6.45, 7) is 0.237. The van der Waals surface area contributed by atoms with Crippen molar-refractivity contribution in [2.75, 3.05) is 7.11 Å². The highest BCUT2D eigenvalue weighted by atomic mass is 32.1. The van der Waals surface area contributed by atoms with Gasteiger partial charge in [-0.15, -0.1) is 11.3 Å². The van der Waals surface area contributed by atoms with Gasteiger partial charge >= 0.3 is 5.97 Å². The van der Waals surface area contributed by atoms with Gasteiger partial charge in [0.2, 0.25) is 0 Å². The smallest absolute Gasteiger partial charge is 0.312 e. The quantitative estimate of drug-likeness (QED) is 0.448. The van der Waals surface area contributed by atoms with Crippen molar-refractivity contribution in [1.29, 1.82) is 0 Å². The molecule has 0 N–H and O–H groups in total. The number of rotatable bonds is 6. The van der Waals surface area contributed by atoms with Gasteiger partial charge in [0.25, 0.3) is 0 Å². The van der Waals surface area contributed by atoms with E-state index in [1.54, 1.807) is 19.5 Å². The lowest BCUT2D eigenvalue weighted by molar-refractivity contribution is -0.144. The molecule has 0 aliphatic heterocycles. The Hall–Kier alpha value is -3.25. The molecule has 0 spiro atoms. The molecular weight excluding hydrogens is 372 g/mol. The van der Waals surface area contributed by atoms with Crippen LogP contribution in [-0.4, -0.2) is 23.0 Å². The molecule has 140 valence electrons. The summed E-state index contributed by atoms with van der Waals surface area (Å²) >= 11 is 1.49. The summed E-state index contributed by atoms with van der Waals surface area (Å²) in [4.78, 5) is 20.8. The van der Waals surface area contributed by atoms with Gasteiger partial charge in [-0.1, -0.05) is 18.2 Å². The first kappa shape index (κ1) is 18.1. The largest absolute Gasteiger partial charge is 0.497 e. The summed E-state index contributed by atoms with van der Waals surface area (Å²) < 4.78 is 10.7. The Morgan fingerprint density at radius 1 is 1.11 bits per heavy atom. The van der Waals surface area contributed by atoms with Crippen LogP contribution in [0.3, 0.4) is 0 Å². The third-order valence-electron chi connectivity index (χ3n) is 4.30. The average molecular weight is 390 g/mol. The zero-order chi connectivity index (χ0) is 19.3. The molecule has 0 saturated heterocycles. The number of pyridine rings is 1. The molecule has 0 aliphatic carbocycles. The van der Waals surface area contributed by atoms with Crippen LogP contribution in [0, 0.1) is 0 Å². The molecule has 6 heteroatoms. The van der Waals surface area contributed by atoms with E-state index in [2.05, 4.69) is 9.97 Å². The molecule has 2 aromatic heterocycles. The number of methoxy groups -OCH3 is 1. The monoisotopic (exact) mass is 390 g/mol. The van der Waals surface area contributed by atoms with Crippen molar-refractivity contribution in [1.82, 2.24) is 9.97 Å². The van der Waals surface area contributed by atoms with Gasteiger partial charge in [0, 0.05) is 23.3 Å². The van der Waals surface area contributed by atoms with Crippen molar-refractivity contribution in [3.8, 4) is 16.3 Å². The Balaban J connectivity index is 1.37. The summed E-state index contributed by atoms with van der Waals surface area (Å²) in [7, 11) is 1.65. The second-order valence-electron chi connectivity index (χ2n) is 6.27. The van der Waals surface area contributed by atoms with Crippen LogP contribution in [-0.2, 0) is 22.6 Å². The Kier molecular flexibility index (Phi) is 5.30. The number of nitrogens with zero attached hydrogens (tertiary/aromatic N) is 2. The molecular formula is C22H18N2O3S. The Morgan fingerprint density at radius 2 is 1.96 bits per heavy atom. The van der Waals surface area contributed by atoms with Gasteiger partial charge in [-0.25, -0.2) is 4.98 Å². The molecule has 0 amide bonds. The summed E-state index contributed by atoms with van der Waals surface area (Å²) in [6.07, 6.45) is 3.64. The zero-order valence-corrected chi connectivity index (χ0v) is 16.1. The fourth-order valence-electron chi connectivity index (χ4n) is 2.86. The Bertz CT molecular complexity index is 1110. The first-order valence-corrected chi connectivity index (χ1v) is 9.66. The Labute approximate surface area is 166 Å². The molecule has 4 aromatic rings. The highest BCUT2D eigenvalue weighted by Crippen LogP contribution is 2.24. The van der Waals surface area contributed by atoms with Gasteiger partial charge in [-0.2, -0.15) is 0 Å². The van der Waals surface area contributed by atoms with Crippen LogP contribution in [0.25, 0.3) is 21.3 Å². The molecule has 5 nitrogen and oxygen atoms in total. The van der Waals surface area contributed by atoms with Crippen LogP contribution in [0.2, 0.25) is 0 Å². The fourth-order valence-corrected chi connectivity index (χ4v) is 3.67. The summed E-state index contributed by atoms with van der Waals surface area (Å²) in [5.74, 6) is 0.526. The number of carbonyl (C=O) groups is 1. The van der Waals surface area contributed by atoms with E-state index in [4.69, 9.17) is 9.47 Å². The van der Waals surface area contributed by atoms with Crippen molar-refractivity contribution < 1.29 is 14.3 Å². The van der Waals surface area contributed by atoms with Crippen molar-refractivity contribution in [2.24, 2.45) is 0 Å². The second-order valence-corrected chi connectivity index (χ2v) is 7.13. The Morgan fingerprint density at radius 3 is 2.79 bits per heavy atom. The van der Waals surface area contributed by atoms with Crippen molar-refractivity contribution in [3.05, 3.63) is 77.6 Å². The molecule has 4 rings (SSSR count). The lowest BCUT2D eigenvalue weighted by Gasteiger charge is -2.07. The van der Waals surface area contributed by atoms with E-state index in [1.165, 1.54) is 11.3 Å². The molecule has 0 atom stereocenters. The molecule has 0 saturated carbocycles. The van der Waals surface area contributed by atoms with E-state index in [0.717, 1.165) is 32.7 Å². The van der Waals surface area contributed by atoms with Gasteiger partial charge in [-0.3, -0.25) is 9.78 Å². The lowest BCUT2D eigenvalue weighted by atomic mass is 10.1. The van der Waals surface area contributed by atoms with E-state index >= 15 is 0 Å². The molecule has 0 unspecified atom stereocenters. The first-order chi connectivity index (χ1) is 13.7. The molecule has 0 fully saturated rings. The second kappa shape index (κ2) is 8.19. The number of ether oxygens (including phenoxy) is 2. The fraction of sp³-hybridized carbons (Fsp3) is 0.136. The molecule has 2 heterocycles. The van der Waals surface area contributed by atoms with Crippen LogP contribution in [0.1, 0.15) is 11.3 Å². The lowest BCUT2D eigenvalue weighted by Crippen LogP contribution is -2.08. The number of thiazole rings is 1.